The van der Waals surface area contributed by atoms with Gasteiger partial charge in [-0.3, -0.25) is 4.79 Å². The Hall–Kier alpha value is -1.84. The van der Waals surface area contributed by atoms with Gasteiger partial charge >= 0.3 is 0 Å². The molecular weight excluding hydrogens is 300 g/mol. The van der Waals surface area contributed by atoms with Crippen LogP contribution >= 0.6 is 23.2 Å². The summed E-state index contributed by atoms with van der Waals surface area (Å²) in [6, 6.07) is 9.49. The summed E-state index contributed by atoms with van der Waals surface area (Å²) in [5.74, 6) is -1.12. The molecule has 0 amide bonds. The molecule has 1 aromatic heterocycles. The monoisotopic (exact) mass is 307 g/mol. The normalized spacial score (nSPS) is 10.9. The molecule has 0 unspecified atom stereocenters. The van der Waals surface area contributed by atoms with Gasteiger partial charge in [-0.25, -0.2) is 4.39 Å². The van der Waals surface area contributed by atoms with Crippen LogP contribution in [0, 0.1) is 5.82 Å². The van der Waals surface area contributed by atoms with Gasteiger partial charge in [-0.05, 0) is 24.3 Å². The molecule has 5 heteroatoms. The number of benzene rings is 2. The number of aromatic nitrogens is 1. The van der Waals surface area contributed by atoms with E-state index in [0.29, 0.717) is 16.0 Å². The van der Waals surface area contributed by atoms with Crippen molar-refractivity contribution in [3.63, 3.8) is 0 Å². The van der Waals surface area contributed by atoms with Gasteiger partial charge < -0.3 is 4.98 Å². The predicted octanol–water partition coefficient (Wildman–Crippen LogP) is 4.84. The third kappa shape index (κ3) is 2.09. The fourth-order valence-corrected chi connectivity index (χ4v) is 2.46. The van der Waals surface area contributed by atoms with Crippen LogP contribution in [0.15, 0.2) is 42.6 Å². The molecule has 100 valence electrons. The van der Waals surface area contributed by atoms with E-state index in [-0.39, 0.29) is 10.6 Å². The van der Waals surface area contributed by atoms with Gasteiger partial charge in [0.05, 0.1) is 10.6 Å². The Morgan fingerprint density at radius 1 is 1.10 bits per heavy atom. The summed E-state index contributed by atoms with van der Waals surface area (Å²) in [6.07, 6.45) is 1.55. The molecule has 20 heavy (non-hydrogen) atoms. The highest BCUT2D eigenvalue weighted by Gasteiger charge is 2.19. The van der Waals surface area contributed by atoms with Gasteiger partial charge in [0, 0.05) is 27.7 Å². The van der Waals surface area contributed by atoms with Gasteiger partial charge in [0.2, 0.25) is 0 Å². The van der Waals surface area contributed by atoms with Crippen LogP contribution in [0.25, 0.3) is 10.9 Å². The van der Waals surface area contributed by atoms with Crippen LogP contribution < -0.4 is 0 Å². The van der Waals surface area contributed by atoms with Crippen LogP contribution in [-0.4, -0.2) is 10.8 Å². The van der Waals surface area contributed by atoms with Gasteiger partial charge in [-0.1, -0.05) is 35.3 Å². The van der Waals surface area contributed by atoms with Crippen molar-refractivity contribution < 1.29 is 9.18 Å². The Bertz CT molecular complexity index is 826. The number of hydrogen-bond donors (Lipinski definition) is 1. The first kappa shape index (κ1) is 13.2. The van der Waals surface area contributed by atoms with E-state index in [2.05, 4.69) is 4.98 Å². The molecule has 1 heterocycles. The van der Waals surface area contributed by atoms with Gasteiger partial charge in [0.1, 0.15) is 0 Å². The molecular formula is C15H8Cl2FNO. The van der Waals surface area contributed by atoms with E-state index in [1.807, 2.05) is 0 Å². The number of fused-ring (bicyclic) bond motifs is 1. The lowest BCUT2D eigenvalue weighted by Crippen LogP contribution is -2.03. The molecule has 0 aliphatic heterocycles. The third-order valence-corrected chi connectivity index (χ3v) is 3.61. The lowest BCUT2D eigenvalue weighted by Gasteiger charge is -2.03. The number of H-pyrrole nitrogens is 1. The van der Waals surface area contributed by atoms with Crippen LogP contribution in [0.1, 0.15) is 15.9 Å². The average Bonchev–Trinajstić information content (AvgIpc) is 2.84. The number of hydrogen-bond acceptors (Lipinski definition) is 1. The molecule has 0 saturated heterocycles. The van der Waals surface area contributed by atoms with Gasteiger partial charge in [0.15, 0.2) is 11.6 Å². The zero-order chi connectivity index (χ0) is 14.3. The van der Waals surface area contributed by atoms with Crippen molar-refractivity contribution in [1.82, 2.24) is 4.98 Å². The average molecular weight is 308 g/mol. The number of nitrogens with one attached hydrogen (secondary N) is 1. The molecule has 0 atom stereocenters. The van der Waals surface area contributed by atoms with Crippen molar-refractivity contribution in [2.75, 3.05) is 0 Å². The summed E-state index contributed by atoms with van der Waals surface area (Å²) < 4.78 is 13.9. The summed E-state index contributed by atoms with van der Waals surface area (Å²) in [6.45, 7) is 0. The minimum Gasteiger partial charge on any atom is -0.360 e. The summed E-state index contributed by atoms with van der Waals surface area (Å²) in [5.41, 5.74) is 1.06. The molecule has 3 rings (SSSR count). The zero-order valence-electron chi connectivity index (χ0n) is 10.1. The number of aromatic amines is 1. The maximum atomic E-state index is 13.9. The maximum Gasteiger partial charge on any atom is 0.198 e. The molecule has 0 spiro atoms. The Labute approximate surface area is 124 Å². The molecule has 0 bridgehead atoms. The van der Waals surface area contributed by atoms with E-state index < -0.39 is 11.6 Å². The fourth-order valence-electron chi connectivity index (χ4n) is 2.11. The standard InChI is InChI=1S/C15H8Cl2FNO/c16-8-4-5-9-11(7-19-13(9)6-8)15(20)10-2-1-3-12(17)14(10)18/h1-7,19H. The summed E-state index contributed by atoms with van der Waals surface area (Å²) in [4.78, 5) is 15.4. The molecule has 0 fully saturated rings. The second-order valence-corrected chi connectivity index (χ2v) is 5.17. The summed E-state index contributed by atoms with van der Waals surface area (Å²) in [7, 11) is 0. The van der Waals surface area contributed by atoms with Crippen molar-refractivity contribution >= 4 is 39.9 Å². The van der Waals surface area contributed by atoms with E-state index in [4.69, 9.17) is 23.2 Å². The van der Waals surface area contributed by atoms with Crippen LogP contribution in [-0.2, 0) is 0 Å². The van der Waals surface area contributed by atoms with Gasteiger partial charge in [-0.2, -0.15) is 0 Å². The van der Waals surface area contributed by atoms with Gasteiger partial charge in [0.25, 0.3) is 0 Å². The first-order valence-electron chi connectivity index (χ1n) is 5.83. The first-order chi connectivity index (χ1) is 9.58. The SMILES string of the molecule is O=C(c1cccc(Cl)c1F)c1c[nH]c2cc(Cl)ccc12. The molecule has 0 aliphatic rings. The fraction of sp³-hybridized carbons (Fsp3) is 0. The molecule has 3 aromatic rings. The van der Waals surface area contributed by atoms with Crippen LogP contribution in [0.3, 0.4) is 0 Å². The Kier molecular flexibility index (Phi) is 3.24. The Morgan fingerprint density at radius 2 is 1.90 bits per heavy atom. The highest BCUT2D eigenvalue weighted by Crippen LogP contribution is 2.26. The van der Waals surface area contributed by atoms with E-state index in [1.54, 1.807) is 30.5 Å². The second-order valence-electron chi connectivity index (χ2n) is 4.32. The number of ketones is 1. The van der Waals surface area contributed by atoms with E-state index >= 15 is 0 Å². The quantitative estimate of drug-likeness (QED) is 0.675. The van der Waals surface area contributed by atoms with E-state index in [1.165, 1.54) is 12.1 Å². The molecule has 2 aromatic carbocycles. The van der Waals surface area contributed by atoms with Crippen molar-refractivity contribution in [2.24, 2.45) is 0 Å². The third-order valence-electron chi connectivity index (χ3n) is 3.08. The molecule has 0 radical (unpaired) electrons. The van der Waals surface area contributed by atoms with Crippen molar-refractivity contribution in [3.8, 4) is 0 Å². The maximum absolute atomic E-state index is 13.9. The number of carbonyl (C=O) groups excluding carboxylic acids is 1. The van der Waals surface area contributed by atoms with Crippen molar-refractivity contribution in [1.29, 1.82) is 0 Å². The number of rotatable bonds is 2. The van der Waals surface area contributed by atoms with Crippen molar-refractivity contribution in [3.05, 3.63) is 69.6 Å². The Morgan fingerprint density at radius 3 is 2.70 bits per heavy atom. The number of carbonyl (C=O) groups is 1. The predicted molar refractivity (Wildman–Crippen MR) is 78.2 cm³/mol. The minimum atomic E-state index is -0.706. The molecule has 0 aliphatic carbocycles. The smallest absolute Gasteiger partial charge is 0.198 e. The Balaban J connectivity index is 2.16. The lowest BCUT2D eigenvalue weighted by molar-refractivity contribution is 0.103. The lowest BCUT2D eigenvalue weighted by atomic mass is 10.0. The number of halogens is 3. The molecule has 2 nitrogen and oxygen atoms in total. The highest BCUT2D eigenvalue weighted by molar-refractivity contribution is 6.32. The summed E-state index contributed by atoms with van der Waals surface area (Å²) in [5, 5.41) is 1.18. The largest absolute Gasteiger partial charge is 0.360 e. The van der Waals surface area contributed by atoms with Crippen molar-refractivity contribution in [2.45, 2.75) is 0 Å². The van der Waals surface area contributed by atoms with E-state index in [9.17, 15) is 9.18 Å². The second kappa shape index (κ2) is 4.93. The molecule has 1 N–H and O–H groups in total. The highest BCUT2D eigenvalue weighted by atomic mass is 35.5. The minimum absolute atomic E-state index is 0.0478. The topological polar surface area (TPSA) is 32.9 Å². The summed E-state index contributed by atoms with van der Waals surface area (Å²) >= 11 is 11.6. The van der Waals surface area contributed by atoms with Crippen LogP contribution in [0.2, 0.25) is 10.0 Å². The first-order valence-corrected chi connectivity index (χ1v) is 6.59. The van der Waals surface area contributed by atoms with E-state index in [0.717, 1.165) is 5.52 Å². The zero-order valence-corrected chi connectivity index (χ0v) is 11.6. The van der Waals surface area contributed by atoms with Crippen LogP contribution in [0.5, 0.6) is 0 Å². The molecule has 0 saturated carbocycles. The van der Waals surface area contributed by atoms with Crippen LogP contribution in [0.4, 0.5) is 4.39 Å². The van der Waals surface area contributed by atoms with Gasteiger partial charge in [-0.15, -0.1) is 0 Å².